The summed E-state index contributed by atoms with van der Waals surface area (Å²) in [5.74, 6) is 1.03. The molecule has 0 amide bonds. The molecule has 2 aliphatic heterocycles. The predicted molar refractivity (Wildman–Crippen MR) is 108 cm³/mol. The summed E-state index contributed by atoms with van der Waals surface area (Å²) in [5.41, 5.74) is 7.17. The van der Waals surface area contributed by atoms with Gasteiger partial charge in [-0.2, -0.15) is 13.2 Å². The van der Waals surface area contributed by atoms with Crippen molar-refractivity contribution in [1.29, 1.82) is 0 Å². The summed E-state index contributed by atoms with van der Waals surface area (Å²) in [7, 11) is 0. The molecule has 2 aromatic rings. The molecule has 0 spiro atoms. The number of halogens is 4. The lowest BCUT2D eigenvalue weighted by molar-refractivity contribution is -0.137. The number of nitrogen functional groups attached to an aromatic ring is 1. The molecule has 2 atom stereocenters. The maximum Gasteiger partial charge on any atom is 0.416 e. The quantitative estimate of drug-likeness (QED) is 0.533. The van der Waals surface area contributed by atoms with E-state index in [9.17, 15) is 13.2 Å². The molecule has 2 unspecified atom stereocenters. The first-order valence-electron chi connectivity index (χ1n) is 9.78. The Bertz CT molecular complexity index is 933. The lowest BCUT2D eigenvalue weighted by atomic mass is 10.0. The predicted octanol–water partition coefficient (Wildman–Crippen LogP) is 4.26. The Labute approximate surface area is 177 Å². The zero-order valence-electron chi connectivity index (χ0n) is 16.5. The normalized spacial score (nSPS) is 20.4. The van der Waals surface area contributed by atoms with Gasteiger partial charge >= 0.3 is 6.18 Å². The maximum absolute atomic E-state index is 13.2. The second-order valence-corrected chi connectivity index (χ2v) is 8.26. The van der Waals surface area contributed by atoms with Gasteiger partial charge in [0.2, 0.25) is 5.28 Å². The second-order valence-electron chi connectivity index (χ2n) is 7.92. The fourth-order valence-electron chi connectivity index (χ4n) is 4.01. The molecule has 3 heterocycles. The van der Waals surface area contributed by atoms with Crippen LogP contribution in [0.2, 0.25) is 5.28 Å². The van der Waals surface area contributed by atoms with Gasteiger partial charge in [-0.3, -0.25) is 4.90 Å². The topological polar surface area (TPSA) is 76.3 Å². The summed E-state index contributed by atoms with van der Waals surface area (Å²) >= 11 is 6.12. The van der Waals surface area contributed by atoms with Gasteiger partial charge in [-0.1, -0.05) is 0 Å². The van der Waals surface area contributed by atoms with Crippen LogP contribution in [-0.4, -0.2) is 34.6 Å². The number of hydrogen-bond donors (Lipinski definition) is 2. The number of hydrogen-bond acceptors (Lipinski definition) is 6. The van der Waals surface area contributed by atoms with Crippen molar-refractivity contribution in [2.45, 2.75) is 38.7 Å². The third-order valence-corrected chi connectivity index (χ3v) is 5.69. The first-order valence-corrected chi connectivity index (χ1v) is 10.2. The molecule has 0 aliphatic carbocycles. The Kier molecular flexibility index (Phi) is 5.78. The molecule has 10 heteroatoms. The van der Waals surface area contributed by atoms with Gasteiger partial charge in [-0.15, -0.1) is 0 Å². The number of nitrogens with zero attached hydrogens (tertiary/aromatic N) is 3. The molecule has 1 aromatic carbocycles. The number of nitrogens with one attached hydrogen (secondary N) is 1. The Morgan fingerprint density at radius 1 is 1.30 bits per heavy atom. The van der Waals surface area contributed by atoms with Crippen molar-refractivity contribution in [2.24, 2.45) is 5.92 Å². The SMILES string of the molecule is CC(Nc1nc(Cl)nc2c1CN(CC1CCOC1)C2)c1cc(N)cc(C(F)(F)F)c1. The Morgan fingerprint density at radius 3 is 2.80 bits per heavy atom. The van der Waals surface area contributed by atoms with E-state index in [-0.39, 0.29) is 11.0 Å². The molecular formula is C20H23ClF3N5O. The second kappa shape index (κ2) is 8.20. The van der Waals surface area contributed by atoms with Crippen molar-refractivity contribution in [3.8, 4) is 0 Å². The first-order chi connectivity index (χ1) is 14.2. The van der Waals surface area contributed by atoms with Crippen LogP contribution in [0.25, 0.3) is 0 Å². The van der Waals surface area contributed by atoms with E-state index in [0.29, 0.717) is 30.4 Å². The average Bonchev–Trinajstić information content (AvgIpc) is 3.30. The van der Waals surface area contributed by atoms with Crippen LogP contribution in [0.1, 0.15) is 41.8 Å². The van der Waals surface area contributed by atoms with Crippen LogP contribution in [0.4, 0.5) is 24.7 Å². The standard InChI is InChI=1S/C20H23ClF3N5O/c1-11(13-4-14(20(22,23)24)6-15(25)5-13)26-18-16-8-29(7-12-2-3-30-10-12)9-17(16)27-19(21)28-18/h4-6,11-12H,2-3,7-10,25H2,1H3,(H,26,27,28). The lowest BCUT2D eigenvalue weighted by Gasteiger charge is -2.20. The molecule has 6 nitrogen and oxygen atoms in total. The van der Waals surface area contributed by atoms with E-state index in [1.807, 2.05) is 0 Å². The molecule has 162 valence electrons. The van der Waals surface area contributed by atoms with Crippen molar-refractivity contribution in [2.75, 3.05) is 30.8 Å². The molecule has 1 fully saturated rings. The van der Waals surface area contributed by atoms with Gasteiger partial charge in [0.15, 0.2) is 0 Å². The highest BCUT2D eigenvalue weighted by molar-refractivity contribution is 6.28. The fourth-order valence-corrected chi connectivity index (χ4v) is 4.19. The first kappa shape index (κ1) is 21.1. The molecule has 4 rings (SSSR count). The van der Waals surface area contributed by atoms with Gasteiger partial charge in [0.25, 0.3) is 0 Å². The third kappa shape index (κ3) is 4.63. The largest absolute Gasteiger partial charge is 0.416 e. The number of benzene rings is 1. The summed E-state index contributed by atoms with van der Waals surface area (Å²) in [4.78, 5) is 10.9. The molecule has 30 heavy (non-hydrogen) atoms. The van der Waals surface area contributed by atoms with E-state index in [1.54, 1.807) is 6.92 Å². The highest BCUT2D eigenvalue weighted by atomic mass is 35.5. The maximum atomic E-state index is 13.2. The summed E-state index contributed by atoms with van der Waals surface area (Å²) < 4.78 is 44.9. The van der Waals surface area contributed by atoms with Crippen LogP contribution in [0.15, 0.2) is 18.2 Å². The van der Waals surface area contributed by atoms with E-state index >= 15 is 0 Å². The molecule has 0 saturated carbocycles. The summed E-state index contributed by atoms with van der Waals surface area (Å²) in [5, 5.41) is 3.32. The number of rotatable bonds is 5. The molecule has 2 aliphatic rings. The third-order valence-electron chi connectivity index (χ3n) is 5.52. The summed E-state index contributed by atoms with van der Waals surface area (Å²) in [6.07, 6.45) is -3.42. The minimum absolute atomic E-state index is 0.0596. The Morgan fingerprint density at radius 2 is 2.10 bits per heavy atom. The van der Waals surface area contributed by atoms with Gasteiger partial charge in [0.1, 0.15) is 5.82 Å². The molecule has 0 radical (unpaired) electrons. The van der Waals surface area contributed by atoms with Gasteiger partial charge in [0, 0.05) is 37.5 Å². The van der Waals surface area contributed by atoms with Crippen molar-refractivity contribution >= 4 is 23.1 Å². The van der Waals surface area contributed by atoms with Crippen LogP contribution < -0.4 is 11.1 Å². The number of fused-ring (bicyclic) bond motifs is 1. The lowest BCUT2D eigenvalue weighted by Crippen LogP contribution is -2.25. The van der Waals surface area contributed by atoms with Gasteiger partial charge in [-0.25, -0.2) is 9.97 Å². The van der Waals surface area contributed by atoms with Crippen molar-refractivity contribution in [3.63, 3.8) is 0 Å². The molecule has 1 aromatic heterocycles. The van der Waals surface area contributed by atoms with Crippen LogP contribution >= 0.6 is 11.6 Å². The van der Waals surface area contributed by atoms with Crippen molar-refractivity contribution in [3.05, 3.63) is 45.9 Å². The number of aromatic nitrogens is 2. The summed E-state index contributed by atoms with van der Waals surface area (Å²) in [6.45, 7) is 5.53. The minimum Gasteiger partial charge on any atom is -0.399 e. The van der Waals surface area contributed by atoms with Gasteiger partial charge < -0.3 is 15.8 Å². The highest BCUT2D eigenvalue weighted by Crippen LogP contribution is 2.35. The van der Waals surface area contributed by atoms with E-state index in [1.165, 1.54) is 6.07 Å². The van der Waals surface area contributed by atoms with E-state index in [2.05, 4.69) is 20.2 Å². The van der Waals surface area contributed by atoms with E-state index in [4.69, 9.17) is 22.1 Å². The van der Waals surface area contributed by atoms with Crippen LogP contribution in [0.5, 0.6) is 0 Å². The smallest absolute Gasteiger partial charge is 0.399 e. The van der Waals surface area contributed by atoms with Crippen molar-refractivity contribution < 1.29 is 17.9 Å². The van der Waals surface area contributed by atoms with Gasteiger partial charge in [0.05, 0.1) is 23.9 Å². The van der Waals surface area contributed by atoms with Crippen molar-refractivity contribution in [1.82, 2.24) is 14.9 Å². The number of ether oxygens (including phenoxy) is 1. The highest BCUT2D eigenvalue weighted by Gasteiger charge is 2.32. The Balaban J connectivity index is 1.54. The van der Waals surface area contributed by atoms with E-state index < -0.39 is 17.8 Å². The van der Waals surface area contributed by atoms with Crippen LogP contribution in [-0.2, 0) is 24.0 Å². The fraction of sp³-hybridized carbons (Fsp3) is 0.500. The number of anilines is 2. The van der Waals surface area contributed by atoms with Gasteiger partial charge in [-0.05, 0) is 54.6 Å². The minimum atomic E-state index is -4.46. The molecular weight excluding hydrogens is 419 g/mol. The monoisotopic (exact) mass is 441 g/mol. The number of alkyl halides is 3. The van der Waals surface area contributed by atoms with E-state index in [0.717, 1.165) is 49.6 Å². The van der Waals surface area contributed by atoms with Crippen LogP contribution in [0, 0.1) is 5.92 Å². The summed E-state index contributed by atoms with van der Waals surface area (Å²) in [6, 6.07) is 3.10. The zero-order chi connectivity index (χ0) is 21.5. The molecule has 3 N–H and O–H groups in total. The van der Waals surface area contributed by atoms with Crippen LogP contribution in [0.3, 0.4) is 0 Å². The average molecular weight is 442 g/mol. The Hall–Kier alpha value is -2.10. The molecule has 1 saturated heterocycles. The zero-order valence-corrected chi connectivity index (χ0v) is 17.2. The molecule has 0 bridgehead atoms. The number of nitrogens with two attached hydrogens (primary N) is 1.